The number of para-hydroxylation sites is 2. The Balaban J connectivity index is 1.20. The molecule has 0 unspecified atom stereocenters. The fraction of sp³-hybridized carbons (Fsp3) is 0.158. The molecule has 250 valence electrons. The predicted molar refractivity (Wildman–Crippen MR) is 195 cm³/mol. The summed E-state index contributed by atoms with van der Waals surface area (Å²) in [6.07, 6.45) is 3.05. The highest BCUT2D eigenvalue weighted by atomic mass is 32.2. The molecular formula is C38H32N6O4S2. The van der Waals surface area contributed by atoms with E-state index in [0.717, 1.165) is 0 Å². The van der Waals surface area contributed by atoms with E-state index in [1.165, 1.54) is 36.1 Å². The highest BCUT2D eigenvalue weighted by Crippen LogP contribution is 2.43. The molecule has 0 saturated carbocycles. The molecule has 0 saturated heterocycles. The highest BCUT2D eigenvalue weighted by molar-refractivity contribution is 8.06. The van der Waals surface area contributed by atoms with Crippen molar-refractivity contribution in [3.63, 3.8) is 0 Å². The molecule has 0 aliphatic carbocycles. The van der Waals surface area contributed by atoms with Crippen molar-refractivity contribution in [2.24, 2.45) is 0 Å². The number of nitrogens with zero attached hydrogens (tertiary/aromatic N) is 2. The third kappa shape index (κ3) is 7.27. The number of allylic oxidation sites excluding steroid dienone is 4. The van der Waals surface area contributed by atoms with E-state index in [-0.39, 0.29) is 11.8 Å². The average Bonchev–Trinajstić information content (AvgIpc) is 3.86. The first kappa shape index (κ1) is 34.1. The van der Waals surface area contributed by atoms with Gasteiger partial charge in [-0.15, -0.1) is 23.5 Å². The van der Waals surface area contributed by atoms with Crippen LogP contribution in [0.3, 0.4) is 0 Å². The van der Waals surface area contributed by atoms with Gasteiger partial charge in [0, 0.05) is 34.3 Å². The van der Waals surface area contributed by atoms with Gasteiger partial charge in [0.1, 0.15) is 11.5 Å². The quantitative estimate of drug-likeness (QED) is 0.114. The van der Waals surface area contributed by atoms with Gasteiger partial charge < -0.3 is 30.1 Å². The van der Waals surface area contributed by atoms with Gasteiger partial charge in [-0.25, -0.2) is 0 Å². The summed E-state index contributed by atoms with van der Waals surface area (Å²) in [6, 6.07) is 29.9. The Morgan fingerprint density at radius 1 is 0.660 bits per heavy atom. The van der Waals surface area contributed by atoms with Gasteiger partial charge in [-0.05, 0) is 62.4 Å². The fourth-order valence-electron chi connectivity index (χ4n) is 5.86. The van der Waals surface area contributed by atoms with Gasteiger partial charge in [0.15, 0.2) is 0 Å². The zero-order valence-electron chi connectivity index (χ0n) is 27.2. The summed E-state index contributed by atoms with van der Waals surface area (Å²) < 4.78 is 11.5. The van der Waals surface area contributed by atoms with E-state index in [4.69, 9.17) is 8.83 Å². The Bertz CT molecular complexity index is 1940. The summed E-state index contributed by atoms with van der Waals surface area (Å²) in [4.78, 5) is 27.1. The third-order valence-electron chi connectivity index (χ3n) is 8.08. The smallest absolute Gasteiger partial charge is 0.254 e. The summed E-state index contributed by atoms with van der Waals surface area (Å²) in [5, 5.41) is 34.5. The van der Waals surface area contributed by atoms with Crippen LogP contribution in [-0.4, -0.2) is 23.3 Å². The summed E-state index contributed by atoms with van der Waals surface area (Å²) >= 11 is 2.89. The number of thioether (sulfide) groups is 2. The molecule has 12 heteroatoms. The topological polar surface area (TPSA) is 156 Å². The van der Waals surface area contributed by atoms with Crippen molar-refractivity contribution in [2.45, 2.75) is 25.7 Å². The minimum Gasteiger partial charge on any atom is -0.468 e. The molecule has 2 atom stereocenters. The first-order valence-corrected chi connectivity index (χ1v) is 17.7. The molecule has 4 N–H and O–H groups in total. The second kappa shape index (κ2) is 15.6. The molecule has 0 bridgehead atoms. The normalized spacial score (nSPS) is 17.4. The van der Waals surface area contributed by atoms with Crippen LogP contribution in [0.1, 0.15) is 37.2 Å². The number of anilines is 2. The number of benzene rings is 2. The standard InChI is InChI=1S/C38H32N6O4S2/c1-23-31(35(45)43-25-11-5-3-6-12-25)33(29-15-9-17-47-29)27(21-39)37(41-23)49-19-20-50-38-28(22-40)34(30-16-10-18-48-30)32(24(2)42-38)36(46)44-26-13-7-4-8-14-26/h3-18,33-34,41-42H,19-20H2,1-2H3,(H,43,45)(H,44,46)/t33-,34-/m1/s1. The maximum atomic E-state index is 13.6. The molecule has 10 nitrogen and oxygen atoms in total. The number of nitrogens with one attached hydrogen (secondary N) is 4. The van der Waals surface area contributed by atoms with Crippen molar-refractivity contribution in [2.75, 3.05) is 22.1 Å². The van der Waals surface area contributed by atoms with E-state index in [2.05, 4.69) is 33.4 Å². The molecule has 4 heterocycles. The minimum atomic E-state index is -0.703. The second-order valence-electron chi connectivity index (χ2n) is 11.3. The van der Waals surface area contributed by atoms with Crippen LogP contribution < -0.4 is 21.3 Å². The second-order valence-corrected chi connectivity index (χ2v) is 13.5. The molecule has 50 heavy (non-hydrogen) atoms. The maximum Gasteiger partial charge on any atom is 0.254 e. The Morgan fingerprint density at radius 3 is 1.40 bits per heavy atom. The van der Waals surface area contributed by atoms with Crippen LogP contribution in [0, 0.1) is 22.7 Å². The summed E-state index contributed by atoms with van der Waals surface area (Å²) in [6.45, 7) is 3.62. The molecule has 6 rings (SSSR count). The number of carbonyl (C=O) groups excluding carboxylic acids is 2. The van der Waals surface area contributed by atoms with Crippen LogP contribution in [-0.2, 0) is 9.59 Å². The van der Waals surface area contributed by atoms with Gasteiger partial charge >= 0.3 is 0 Å². The van der Waals surface area contributed by atoms with Crippen molar-refractivity contribution in [3.8, 4) is 12.1 Å². The Hall–Kier alpha value is -5.82. The van der Waals surface area contributed by atoms with E-state index in [9.17, 15) is 20.1 Å². The van der Waals surface area contributed by atoms with Gasteiger partial charge in [-0.3, -0.25) is 9.59 Å². The molecule has 2 aliphatic heterocycles. The summed E-state index contributed by atoms with van der Waals surface area (Å²) in [7, 11) is 0. The number of amides is 2. The SMILES string of the molecule is CC1=C(C(=O)Nc2ccccc2)[C@@H](c2ccco2)C(C#N)=C(SCCSC2=C(C#N)[C@H](c3ccco3)C(C(=O)Nc3ccccc3)=C(C)N2)N1. The zero-order valence-corrected chi connectivity index (χ0v) is 28.8. The number of furan rings is 2. The number of dihydropyridines is 2. The van der Waals surface area contributed by atoms with Crippen LogP contribution in [0.25, 0.3) is 0 Å². The van der Waals surface area contributed by atoms with E-state index >= 15 is 0 Å². The molecule has 0 spiro atoms. The number of rotatable bonds is 11. The van der Waals surface area contributed by atoms with Crippen LogP contribution >= 0.6 is 23.5 Å². The third-order valence-corrected chi connectivity index (χ3v) is 10.4. The minimum absolute atomic E-state index is 0.333. The fourth-order valence-corrected chi connectivity index (χ4v) is 8.03. The number of hydrogen-bond donors (Lipinski definition) is 4. The number of nitriles is 2. The predicted octanol–water partition coefficient (Wildman–Crippen LogP) is 7.71. The lowest BCUT2D eigenvalue weighted by Crippen LogP contribution is -2.31. The molecular weight excluding hydrogens is 669 g/mol. The van der Waals surface area contributed by atoms with Gasteiger partial charge in [-0.1, -0.05) is 36.4 Å². The lowest BCUT2D eigenvalue weighted by molar-refractivity contribution is -0.114. The molecule has 0 fully saturated rings. The molecule has 2 amide bonds. The van der Waals surface area contributed by atoms with E-state index < -0.39 is 11.8 Å². The lowest BCUT2D eigenvalue weighted by atomic mass is 9.85. The molecule has 2 aromatic heterocycles. The van der Waals surface area contributed by atoms with Gasteiger partial charge in [-0.2, -0.15) is 10.5 Å². The van der Waals surface area contributed by atoms with Crippen molar-refractivity contribution in [3.05, 3.63) is 153 Å². The number of hydrogen-bond acceptors (Lipinski definition) is 10. The average molecular weight is 701 g/mol. The van der Waals surface area contributed by atoms with Crippen LogP contribution in [0.4, 0.5) is 11.4 Å². The van der Waals surface area contributed by atoms with Crippen molar-refractivity contribution < 1.29 is 18.4 Å². The van der Waals surface area contributed by atoms with E-state index in [1.807, 2.05) is 50.2 Å². The molecule has 0 radical (unpaired) electrons. The summed E-state index contributed by atoms with van der Waals surface area (Å²) in [5.74, 6) is 0.0167. The monoisotopic (exact) mass is 700 g/mol. The van der Waals surface area contributed by atoms with Crippen LogP contribution in [0.15, 0.2) is 150 Å². The van der Waals surface area contributed by atoms with Crippen molar-refractivity contribution in [1.82, 2.24) is 10.6 Å². The van der Waals surface area contributed by atoms with Crippen LogP contribution in [0.5, 0.6) is 0 Å². The largest absolute Gasteiger partial charge is 0.468 e. The zero-order chi connectivity index (χ0) is 35.0. The first-order chi connectivity index (χ1) is 24.4. The van der Waals surface area contributed by atoms with E-state index in [1.54, 1.807) is 48.5 Å². The highest BCUT2D eigenvalue weighted by Gasteiger charge is 2.38. The molecule has 4 aromatic rings. The van der Waals surface area contributed by atoms with Crippen molar-refractivity contribution in [1.29, 1.82) is 10.5 Å². The van der Waals surface area contributed by atoms with E-state index in [0.29, 0.717) is 78.1 Å². The Morgan fingerprint density at radius 2 is 1.06 bits per heavy atom. The maximum absolute atomic E-state index is 13.6. The first-order valence-electron chi connectivity index (χ1n) is 15.7. The van der Waals surface area contributed by atoms with Gasteiger partial charge in [0.25, 0.3) is 11.8 Å². The van der Waals surface area contributed by atoms with Gasteiger partial charge in [0.05, 0.1) is 68.9 Å². The summed E-state index contributed by atoms with van der Waals surface area (Å²) in [5.41, 5.74) is 4.04. The Kier molecular flexibility index (Phi) is 10.6. The molecule has 2 aliphatic rings. The van der Waals surface area contributed by atoms with Gasteiger partial charge in [0.2, 0.25) is 0 Å². The number of carbonyl (C=O) groups is 2. The Labute approximate surface area is 298 Å². The van der Waals surface area contributed by atoms with Crippen molar-refractivity contribution >= 4 is 46.7 Å². The lowest BCUT2D eigenvalue weighted by Gasteiger charge is -2.29. The molecule has 2 aromatic carbocycles. The van der Waals surface area contributed by atoms with Crippen LogP contribution in [0.2, 0.25) is 0 Å².